The minimum Gasteiger partial charge on any atom is -0.303 e. The molecular formula is C11H22OS5. The van der Waals surface area contributed by atoms with Gasteiger partial charge in [0.25, 0.3) is 0 Å². The van der Waals surface area contributed by atoms with Crippen molar-refractivity contribution in [2.45, 2.75) is 18.1 Å². The summed E-state index contributed by atoms with van der Waals surface area (Å²) in [5.74, 6) is 6.57. The molecule has 0 bridgehead atoms. The molecule has 0 amide bonds. The van der Waals surface area contributed by atoms with Crippen LogP contribution < -0.4 is 0 Å². The van der Waals surface area contributed by atoms with E-state index in [4.69, 9.17) is 0 Å². The van der Waals surface area contributed by atoms with E-state index >= 15 is 0 Å². The first-order valence-electron chi connectivity index (χ1n) is 5.74. The van der Waals surface area contributed by atoms with Crippen molar-refractivity contribution >= 4 is 67.7 Å². The number of hydrogen-bond donors (Lipinski definition) is 3. The van der Waals surface area contributed by atoms with Crippen LogP contribution in [0.3, 0.4) is 0 Å². The van der Waals surface area contributed by atoms with Gasteiger partial charge in [-0.1, -0.05) is 0 Å². The van der Waals surface area contributed by atoms with Crippen molar-refractivity contribution in [3.63, 3.8) is 0 Å². The van der Waals surface area contributed by atoms with Gasteiger partial charge >= 0.3 is 0 Å². The van der Waals surface area contributed by atoms with E-state index in [0.29, 0.717) is 17.6 Å². The van der Waals surface area contributed by atoms with E-state index in [1.165, 1.54) is 0 Å². The molecule has 0 radical (unpaired) electrons. The quantitative estimate of drug-likeness (QED) is 0.290. The molecule has 0 aliphatic heterocycles. The molecule has 102 valence electrons. The van der Waals surface area contributed by atoms with E-state index in [-0.39, 0.29) is 0 Å². The van der Waals surface area contributed by atoms with Crippen LogP contribution >= 0.6 is 61.4 Å². The summed E-state index contributed by atoms with van der Waals surface area (Å²) in [7, 11) is 0. The largest absolute Gasteiger partial charge is 0.303 e. The van der Waals surface area contributed by atoms with Gasteiger partial charge in [0.05, 0.1) is 0 Å². The van der Waals surface area contributed by atoms with Crippen LogP contribution in [0.5, 0.6) is 0 Å². The van der Waals surface area contributed by atoms with Crippen LogP contribution in [0.2, 0.25) is 0 Å². The van der Waals surface area contributed by atoms with Gasteiger partial charge < -0.3 is 4.79 Å². The third kappa shape index (κ3) is 11.0. The van der Waals surface area contributed by atoms with E-state index in [1.54, 1.807) is 0 Å². The van der Waals surface area contributed by atoms with E-state index in [9.17, 15) is 4.79 Å². The van der Waals surface area contributed by atoms with Crippen molar-refractivity contribution in [2.75, 3.05) is 34.5 Å². The maximum Gasteiger partial charge on any atom is 0.120 e. The Morgan fingerprint density at radius 3 is 2.41 bits per heavy atom. The molecular weight excluding hydrogens is 308 g/mol. The molecule has 0 aliphatic carbocycles. The number of rotatable bonds is 12. The van der Waals surface area contributed by atoms with E-state index in [0.717, 1.165) is 47.2 Å². The van der Waals surface area contributed by atoms with Crippen molar-refractivity contribution < 1.29 is 4.79 Å². The third-order valence-electron chi connectivity index (χ3n) is 2.24. The Morgan fingerprint density at radius 1 is 1.12 bits per heavy atom. The third-order valence-corrected chi connectivity index (χ3v) is 6.47. The predicted octanol–water partition coefficient (Wildman–Crippen LogP) is 3.21. The SMILES string of the molecule is O=CCCSC(CS)CC(CS)CSCCS. The highest BCUT2D eigenvalue weighted by Gasteiger charge is 2.14. The van der Waals surface area contributed by atoms with Crippen LogP contribution in [0, 0.1) is 5.92 Å². The van der Waals surface area contributed by atoms with Gasteiger partial charge in [0, 0.05) is 28.9 Å². The van der Waals surface area contributed by atoms with Crippen LogP contribution in [-0.4, -0.2) is 46.1 Å². The number of thioether (sulfide) groups is 2. The Labute approximate surface area is 130 Å². The fourth-order valence-corrected chi connectivity index (χ4v) is 4.63. The Hall–Kier alpha value is 1.42. The summed E-state index contributed by atoms with van der Waals surface area (Å²) in [6.45, 7) is 0. The first-order valence-corrected chi connectivity index (χ1v) is 9.84. The lowest BCUT2D eigenvalue weighted by molar-refractivity contribution is -0.107. The molecule has 2 atom stereocenters. The number of carbonyl (C=O) groups is 1. The minimum absolute atomic E-state index is 0.548. The Kier molecular flexibility index (Phi) is 15.0. The van der Waals surface area contributed by atoms with Gasteiger partial charge in [-0.3, -0.25) is 0 Å². The highest BCUT2D eigenvalue weighted by molar-refractivity contribution is 8.00. The lowest BCUT2D eigenvalue weighted by Gasteiger charge is -2.20. The molecule has 0 saturated carbocycles. The summed E-state index contributed by atoms with van der Waals surface area (Å²) >= 11 is 16.8. The summed E-state index contributed by atoms with van der Waals surface area (Å²) < 4.78 is 0. The molecule has 0 aromatic heterocycles. The number of carbonyl (C=O) groups excluding carboxylic acids is 1. The van der Waals surface area contributed by atoms with E-state index in [1.807, 2.05) is 23.5 Å². The average Bonchev–Trinajstić information content (AvgIpc) is 2.36. The standard InChI is InChI=1S/C11H22OS5/c12-2-1-4-17-11(8-15)6-10(7-14)9-16-5-3-13/h2,10-11,13-15H,1,3-9H2. The van der Waals surface area contributed by atoms with Gasteiger partial charge in [0.1, 0.15) is 6.29 Å². The fraction of sp³-hybridized carbons (Fsp3) is 0.909. The zero-order chi connectivity index (χ0) is 12.9. The molecule has 0 aromatic rings. The molecule has 0 fully saturated rings. The van der Waals surface area contributed by atoms with Crippen molar-refractivity contribution in [1.29, 1.82) is 0 Å². The first kappa shape index (κ1) is 18.4. The summed E-state index contributed by atoms with van der Waals surface area (Å²) in [5, 5.41) is 0.548. The molecule has 0 rings (SSSR count). The number of aldehydes is 1. The highest BCUT2D eigenvalue weighted by Crippen LogP contribution is 2.24. The van der Waals surface area contributed by atoms with Crippen molar-refractivity contribution in [3.8, 4) is 0 Å². The lowest BCUT2D eigenvalue weighted by atomic mass is 10.1. The molecule has 1 nitrogen and oxygen atoms in total. The van der Waals surface area contributed by atoms with Crippen LogP contribution in [0.4, 0.5) is 0 Å². The summed E-state index contributed by atoms with van der Waals surface area (Å²) in [6.07, 6.45) is 2.78. The smallest absolute Gasteiger partial charge is 0.120 e. The predicted molar refractivity (Wildman–Crippen MR) is 93.9 cm³/mol. The van der Waals surface area contributed by atoms with Crippen molar-refractivity contribution in [2.24, 2.45) is 5.92 Å². The Morgan fingerprint density at radius 2 is 1.88 bits per heavy atom. The maximum atomic E-state index is 10.3. The molecule has 0 saturated heterocycles. The van der Waals surface area contributed by atoms with Gasteiger partial charge in [-0.15, -0.1) is 0 Å². The molecule has 0 heterocycles. The second-order valence-corrected chi connectivity index (χ2v) is 7.45. The summed E-state index contributed by atoms with van der Waals surface area (Å²) in [5.41, 5.74) is 0. The second kappa shape index (κ2) is 13.8. The minimum atomic E-state index is 0.548. The van der Waals surface area contributed by atoms with E-state index < -0.39 is 0 Å². The molecule has 17 heavy (non-hydrogen) atoms. The maximum absolute atomic E-state index is 10.3. The van der Waals surface area contributed by atoms with Gasteiger partial charge in [0.2, 0.25) is 0 Å². The van der Waals surface area contributed by atoms with Crippen molar-refractivity contribution in [3.05, 3.63) is 0 Å². The molecule has 6 heteroatoms. The molecule has 0 N–H and O–H groups in total. The zero-order valence-electron chi connectivity index (χ0n) is 9.96. The number of hydrogen-bond acceptors (Lipinski definition) is 6. The second-order valence-electron chi connectivity index (χ2n) is 3.71. The molecule has 0 aliphatic rings. The summed E-state index contributed by atoms with van der Waals surface area (Å²) in [6, 6.07) is 0. The Bertz CT molecular complexity index is 179. The number of thiol groups is 3. The Balaban J connectivity index is 3.81. The topological polar surface area (TPSA) is 17.1 Å². The van der Waals surface area contributed by atoms with Gasteiger partial charge in [-0.05, 0) is 29.6 Å². The fourth-order valence-electron chi connectivity index (χ4n) is 1.36. The average molecular weight is 331 g/mol. The molecule has 0 aromatic carbocycles. The van der Waals surface area contributed by atoms with Gasteiger partial charge in [-0.25, -0.2) is 0 Å². The first-order chi connectivity index (χ1) is 8.28. The van der Waals surface area contributed by atoms with Crippen molar-refractivity contribution in [1.82, 2.24) is 0 Å². The molecule has 2 unspecified atom stereocenters. The zero-order valence-corrected chi connectivity index (χ0v) is 14.3. The van der Waals surface area contributed by atoms with Gasteiger partial charge in [-0.2, -0.15) is 61.4 Å². The molecule has 0 spiro atoms. The summed E-state index contributed by atoms with van der Waals surface area (Å²) in [4.78, 5) is 10.3. The normalized spacial score (nSPS) is 14.5. The van der Waals surface area contributed by atoms with Crippen LogP contribution in [-0.2, 0) is 4.79 Å². The highest BCUT2D eigenvalue weighted by atomic mass is 32.2. The lowest BCUT2D eigenvalue weighted by Crippen LogP contribution is -2.17. The van der Waals surface area contributed by atoms with E-state index in [2.05, 4.69) is 37.9 Å². The van der Waals surface area contributed by atoms with Crippen LogP contribution in [0.25, 0.3) is 0 Å². The van der Waals surface area contributed by atoms with Crippen LogP contribution in [0.15, 0.2) is 0 Å². The monoisotopic (exact) mass is 330 g/mol. The van der Waals surface area contributed by atoms with Crippen LogP contribution in [0.1, 0.15) is 12.8 Å². The van der Waals surface area contributed by atoms with Gasteiger partial charge in [0.15, 0.2) is 0 Å².